The summed E-state index contributed by atoms with van der Waals surface area (Å²) >= 11 is 0. The zero-order valence-corrected chi connectivity index (χ0v) is 14.5. The number of aliphatic hydroxyl groups excluding tert-OH is 1. The summed E-state index contributed by atoms with van der Waals surface area (Å²) in [6.45, 7) is 9.63. The van der Waals surface area contributed by atoms with E-state index < -0.39 is 5.60 Å². The van der Waals surface area contributed by atoms with Crippen molar-refractivity contribution in [2.75, 3.05) is 19.7 Å². The monoisotopic (exact) mass is 320 g/mol. The van der Waals surface area contributed by atoms with Crippen molar-refractivity contribution in [1.29, 1.82) is 0 Å². The van der Waals surface area contributed by atoms with Gasteiger partial charge < -0.3 is 14.7 Å². The van der Waals surface area contributed by atoms with Gasteiger partial charge in [0.1, 0.15) is 5.60 Å². The Labute approximate surface area is 138 Å². The second-order valence-electron chi connectivity index (χ2n) is 7.23. The molecule has 2 atom stereocenters. The minimum absolute atomic E-state index is 0.0266. The van der Waals surface area contributed by atoms with Crippen LogP contribution in [-0.2, 0) is 11.3 Å². The van der Waals surface area contributed by atoms with Crippen molar-refractivity contribution in [2.45, 2.75) is 51.9 Å². The zero-order valence-electron chi connectivity index (χ0n) is 14.5. The van der Waals surface area contributed by atoms with Gasteiger partial charge in [-0.3, -0.25) is 4.90 Å². The van der Waals surface area contributed by atoms with E-state index in [0.717, 1.165) is 13.1 Å². The molecule has 0 saturated carbocycles. The molecule has 1 aliphatic heterocycles. The highest BCUT2D eigenvalue weighted by Crippen LogP contribution is 2.20. The quantitative estimate of drug-likeness (QED) is 0.930. The van der Waals surface area contributed by atoms with Gasteiger partial charge in [0.15, 0.2) is 0 Å². The number of aliphatic hydroxyl groups is 1. The Balaban J connectivity index is 2.04. The number of nitrogens with zero attached hydrogens (tertiary/aromatic N) is 2. The molecule has 0 aromatic heterocycles. The van der Waals surface area contributed by atoms with Crippen LogP contribution in [-0.4, -0.2) is 58.4 Å². The number of hydrogen-bond acceptors (Lipinski definition) is 4. The van der Waals surface area contributed by atoms with E-state index in [0.29, 0.717) is 6.54 Å². The van der Waals surface area contributed by atoms with Gasteiger partial charge in [0.2, 0.25) is 0 Å². The summed E-state index contributed by atoms with van der Waals surface area (Å²) in [5, 5.41) is 9.74. The third-order valence-electron chi connectivity index (χ3n) is 4.02. The van der Waals surface area contributed by atoms with Crippen molar-refractivity contribution in [3.05, 3.63) is 35.9 Å². The molecule has 5 heteroatoms. The molecule has 0 aliphatic carbocycles. The molecule has 1 aliphatic rings. The number of amides is 1. The second-order valence-corrected chi connectivity index (χ2v) is 7.23. The molecule has 0 bridgehead atoms. The minimum atomic E-state index is -0.507. The first-order valence-electron chi connectivity index (χ1n) is 8.18. The van der Waals surface area contributed by atoms with Crippen molar-refractivity contribution < 1.29 is 14.6 Å². The van der Waals surface area contributed by atoms with Crippen LogP contribution in [0, 0.1) is 0 Å². The third-order valence-corrected chi connectivity index (χ3v) is 4.02. The van der Waals surface area contributed by atoms with Gasteiger partial charge in [-0.15, -0.1) is 0 Å². The summed E-state index contributed by atoms with van der Waals surface area (Å²) in [5.41, 5.74) is 0.705. The van der Waals surface area contributed by atoms with E-state index in [1.807, 2.05) is 45.9 Å². The average molecular weight is 320 g/mol. The van der Waals surface area contributed by atoms with Gasteiger partial charge in [0.05, 0.1) is 12.6 Å². The molecule has 1 N–H and O–H groups in total. The summed E-state index contributed by atoms with van der Waals surface area (Å²) in [7, 11) is 0. The fourth-order valence-electron chi connectivity index (χ4n) is 2.87. The van der Waals surface area contributed by atoms with Crippen LogP contribution in [0.3, 0.4) is 0 Å². The molecule has 1 aromatic carbocycles. The molecule has 0 spiro atoms. The Morgan fingerprint density at radius 3 is 2.48 bits per heavy atom. The van der Waals surface area contributed by atoms with Crippen LogP contribution in [0.4, 0.5) is 4.79 Å². The Kier molecular flexibility index (Phi) is 5.65. The summed E-state index contributed by atoms with van der Waals surface area (Å²) in [4.78, 5) is 16.3. The lowest BCUT2D eigenvalue weighted by atomic mass is 10.1. The molecule has 1 amide bonds. The number of hydrogen-bond donors (Lipinski definition) is 1. The van der Waals surface area contributed by atoms with Crippen molar-refractivity contribution >= 4 is 6.09 Å². The van der Waals surface area contributed by atoms with Gasteiger partial charge in [-0.1, -0.05) is 30.3 Å². The standard InChI is InChI=1S/C18H28N2O3/c1-14-10-19(11-15-8-6-5-7-9-15)16(13-21)12-20(14)17(22)23-18(2,3)4/h5-9,14,16,21H,10-13H2,1-4H3/t14-,16-/m0/s1. The first-order valence-corrected chi connectivity index (χ1v) is 8.18. The third kappa shape index (κ3) is 4.94. The molecule has 2 rings (SSSR count). The van der Waals surface area contributed by atoms with Gasteiger partial charge >= 0.3 is 6.09 Å². The highest BCUT2D eigenvalue weighted by Gasteiger charge is 2.35. The van der Waals surface area contributed by atoms with Crippen molar-refractivity contribution in [2.24, 2.45) is 0 Å². The fraction of sp³-hybridized carbons (Fsp3) is 0.611. The van der Waals surface area contributed by atoms with E-state index >= 15 is 0 Å². The average Bonchev–Trinajstić information content (AvgIpc) is 2.46. The first-order chi connectivity index (χ1) is 10.8. The predicted molar refractivity (Wildman–Crippen MR) is 90.1 cm³/mol. The van der Waals surface area contributed by atoms with E-state index in [1.165, 1.54) is 5.56 Å². The van der Waals surface area contributed by atoms with Crippen molar-refractivity contribution in [1.82, 2.24) is 9.80 Å². The second kappa shape index (κ2) is 7.32. The SMILES string of the molecule is C[C@H]1CN(Cc2ccccc2)[C@H](CO)CN1C(=O)OC(C)(C)C. The normalized spacial score (nSPS) is 22.9. The maximum atomic E-state index is 12.4. The van der Waals surface area contributed by atoms with E-state index in [-0.39, 0.29) is 24.8 Å². The Morgan fingerprint density at radius 2 is 1.91 bits per heavy atom. The van der Waals surface area contributed by atoms with Crippen LogP contribution in [0.2, 0.25) is 0 Å². The number of carbonyl (C=O) groups is 1. The Hall–Kier alpha value is -1.59. The molecule has 1 saturated heterocycles. The van der Waals surface area contributed by atoms with E-state index in [9.17, 15) is 9.90 Å². The topological polar surface area (TPSA) is 53.0 Å². The number of ether oxygens (including phenoxy) is 1. The highest BCUT2D eigenvalue weighted by molar-refractivity contribution is 5.68. The molecular formula is C18H28N2O3. The maximum absolute atomic E-state index is 12.4. The molecule has 1 aromatic rings. The van der Waals surface area contributed by atoms with E-state index in [4.69, 9.17) is 4.74 Å². The maximum Gasteiger partial charge on any atom is 0.410 e. The smallest absolute Gasteiger partial charge is 0.410 e. The van der Waals surface area contributed by atoms with Crippen LogP contribution in [0.25, 0.3) is 0 Å². The molecule has 23 heavy (non-hydrogen) atoms. The molecule has 128 valence electrons. The lowest BCUT2D eigenvalue weighted by molar-refractivity contribution is -0.0238. The van der Waals surface area contributed by atoms with Gasteiger partial charge in [-0.25, -0.2) is 4.79 Å². The molecule has 5 nitrogen and oxygen atoms in total. The molecule has 0 unspecified atom stereocenters. The van der Waals surface area contributed by atoms with E-state index in [2.05, 4.69) is 17.0 Å². The number of rotatable bonds is 3. The molecular weight excluding hydrogens is 292 g/mol. The van der Waals surface area contributed by atoms with Crippen LogP contribution in [0.5, 0.6) is 0 Å². The number of benzene rings is 1. The first kappa shape index (κ1) is 17.8. The van der Waals surface area contributed by atoms with Crippen LogP contribution in [0.15, 0.2) is 30.3 Å². The molecule has 1 fully saturated rings. The number of carbonyl (C=O) groups excluding carboxylic acids is 1. The minimum Gasteiger partial charge on any atom is -0.444 e. The molecule has 0 radical (unpaired) electrons. The van der Waals surface area contributed by atoms with Crippen LogP contribution >= 0.6 is 0 Å². The highest BCUT2D eigenvalue weighted by atomic mass is 16.6. The van der Waals surface area contributed by atoms with Crippen LogP contribution < -0.4 is 0 Å². The van der Waals surface area contributed by atoms with Crippen molar-refractivity contribution in [3.8, 4) is 0 Å². The van der Waals surface area contributed by atoms with Gasteiger partial charge in [0.25, 0.3) is 0 Å². The van der Waals surface area contributed by atoms with Gasteiger partial charge in [0, 0.05) is 25.7 Å². The lowest BCUT2D eigenvalue weighted by Crippen LogP contribution is -2.60. The zero-order chi connectivity index (χ0) is 17.0. The fourth-order valence-corrected chi connectivity index (χ4v) is 2.87. The van der Waals surface area contributed by atoms with Gasteiger partial charge in [-0.2, -0.15) is 0 Å². The molecule has 1 heterocycles. The van der Waals surface area contributed by atoms with Crippen molar-refractivity contribution in [3.63, 3.8) is 0 Å². The largest absolute Gasteiger partial charge is 0.444 e. The van der Waals surface area contributed by atoms with Crippen LogP contribution in [0.1, 0.15) is 33.3 Å². The summed E-state index contributed by atoms with van der Waals surface area (Å²) in [5.74, 6) is 0. The summed E-state index contributed by atoms with van der Waals surface area (Å²) in [6, 6.07) is 10.2. The lowest BCUT2D eigenvalue weighted by Gasteiger charge is -2.44. The Morgan fingerprint density at radius 1 is 1.26 bits per heavy atom. The van der Waals surface area contributed by atoms with Gasteiger partial charge in [-0.05, 0) is 33.3 Å². The Bertz CT molecular complexity index is 513. The number of piperazine rings is 1. The van der Waals surface area contributed by atoms with E-state index in [1.54, 1.807) is 4.90 Å². The summed E-state index contributed by atoms with van der Waals surface area (Å²) < 4.78 is 5.48. The predicted octanol–water partition coefficient (Wildman–Crippen LogP) is 2.49. The summed E-state index contributed by atoms with van der Waals surface area (Å²) in [6.07, 6.45) is -0.303.